The molecule has 1 heterocycles. The van der Waals surface area contributed by atoms with Crippen molar-refractivity contribution in [3.8, 4) is 5.75 Å². The zero-order valence-electron chi connectivity index (χ0n) is 11.7. The molecule has 0 saturated carbocycles. The lowest BCUT2D eigenvalue weighted by atomic mass is 10.1. The third-order valence-corrected chi connectivity index (χ3v) is 3.22. The smallest absolute Gasteiger partial charge is 0.146 e. The Labute approximate surface area is 113 Å². The van der Waals surface area contributed by atoms with Gasteiger partial charge in [0.2, 0.25) is 0 Å². The number of hydrogen-bond acceptors (Lipinski definition) is 4. The van der Waals surface area contributed by atoms with Crippen molar-refractivity contribution >= 4 is 0 Å². The second kappa shape index (κ2) is 6.33. The first-order valence-electron chi connectivity index (χ1n) is 6.39. The van der Waals surface area contributed by atoms with Crippen LogP contribution in [0.2, 0.25) is 0 Å². The molecule has 0 spiro atoms. The Kier molecular flexibility index (Phi) is 4.52. The molecule has 0 saturated heterocycles. The summed E-state index contributed by atoms with van der Waals surface area (Å²) in [7, 11) is 3.66. The molecule has 5 heteroatoms. The molecular formula is C14H20N4O. The van der Waals surface area contributed by atoms with Crippen molar-refractivity contribution in [1.82, 2.24) is 20.1 Å². The van der Waals surface area contributed by atoms with E-state index in [1.54, 1.807) is 7.11 Å². The number of nitrogens with one attached hydrogen (secondary N) is 1. The molecule has 1 aromatic carbocycles. The van der Waals surface area contributed by atoms with Crippen molar-refractivity contribution in [1.29, 1.82) is 0 Å². The van der Waals surface area contributed by atoms with Crippen LogP contribution >= 0.6 is 0 Å². The quantitative estimate of drug-likeness (QED) is 0.799. The van der Waals surface area contributed by atoms with E-state index < -0.39 is 0 Å². The molecule has 0 amide bonds. The molecule has 0 aliphatic heterocycles. The molecule has 1 aromatic heterocycles. The van der Waals surface area contributed by atoms with Crippen LogP contribution in [0.15, 0.2) is 24.3 Å². The fraction of sp³-hybridized carbons (Fsp3) is 0.429. The summed E-state index contributed by atoms with van der Waals surface area (Å²) in [6.45, 7) is 3.61. The molecule has 0 aliphatic rings. The standard InChI is InChI=1S/C14H20N4O/c1-11-16-17-14(18(11)2)10-15-9-8-12-4-6-13(19-3)7-5-12/h4-7,15H,8-10H2,1-3H3. The van der Waals surface area contributed by atoms with E-state index in [-0.39, 0.29) is 0 Å². The topological polar surface area (TPSA) is 52.0 Å². The Morgan fingerprint density at radius 3 is 2.53 bits per heavy atom. The highest BCUT2D eigenvalue weighted by atomic mass is 16.5. The number of aryl methyl sites for hydroxylation is 1. The van der Waals surface area contributed by atoms with Gasteiger partial charge in [0.25, 0.3) is 0 Å². The highest BCUT2D eigenvalue weighted by molar-refractivity contribution is 5.27. The fourth-order valence-electron chi connectivity index (χ4n) is 1.83. The Balaban J connectivity index is 1.76. The average Bonchev–Trinajstić information content (AvgIpc) is 2.76. The van der Waals surface area contributed by atoms with E-state index in [0.717, 1.165) is 36.9 Å². The summed E-state index contributed by atoms with van der Waals surface area (Å²) in [5.74, 6) is 2.80. The van der Waals surface area contributed by atoms with Crippen molar-refractivity contribution in [3.63, 3.8) is 0 Å². The van der Waals surface area contributed by atoms with Crippen LogP contribution < -0.4 is 10.1 Å². The number of methoxy groups -OCH3 is 1. The van der Waals surface area contributed by atoms with E-state index in [1.807, 2.05) is 30.7 Å². The van der Waals surface area contributed by atoms with Gasteiger partial charge in [-0.25, -0.2) is 0 Å². The highest BCUT2D eigenvalue weighted by Crippen LogP contribution is 2.11. The second-order valence-electron chi connectivity index (χ2n) is 4.50. The lowest BCUT2D eigenvalue weighted by Gasteiger charge is -2.06. The van der Waals surface area contributed by atoms with Gasteiger partial charge in [-0.2, -0.15) is 0 Å². The van der Waals surface area contributed by atoms with Gasteiger partial charge in [-0.05, 0) is 37.6 Å². The largest absolute Gasteiger partial charge is 0.497 e. The van der Waals surface area contributed by atoms with Gasteiger partial charge < -0.3 is 14.6 Å². The van der Waals surface area contributed by atoms with Crippen LogP contribution in [0.3, 0.4) is 0 Å². The summed E-state index contributed by atoms with van der Waals surface area (Å²) < 4.78 is 7.13. The van der Waals surface area contributed by atoms with Gasteiger partial charge >= 0.3 is 0 Å². The summed E-state index contributed by atoms with van der Waals surface area (Å²) in [5, 5.41) is 11.5. The number of aromatic nitrogens is 3. The maximum absolute atomic E-state index is 5.13. The Hall–Kier alpha value is -1.88. The third kappa shape index (κ3) is 3.54. The predicted molar refractivity (Wildman–Crippen MR) is 74.1 cm³/mol. The molecule has 102 valence electrons. The lowest BCUT2D eigenvalue weighted by Crippen LogP contribution is -2.19. The molecule has 19 heavy (non-hydrogen) atoms. The molecule has 0 fully saturated rings. The van der Waals surface area contributed by atoms with Crippen LogP contribution in [0, 0.1) is 6.92 Å². The van der Waals surface area contributed by atoms with Crippen molar-refractivity contribution in [2.75, 3.05) is 13.7 Å². The fourth-order valence-corrected chi connectivity index (χ4v) is 1.83. The Morgan fingerprint density at radius 1 is 1.21 bits per heavy atom. The molecular weight excluding hydrogens is 240 g/mol. The molecule has 2 rings (SSSR count). The van der Waals surface area contributed by atoms with Gasteiger partial charge in [-0.1, -0.05) is 12.1 Å². The van der Waals surface area contributed by atoms with Crippen LogP contribution in [-0.4, -0.2) is 28.4 Å². The molecule has 0 unspecified atom stereocenters. The second-order valence-corrected chi connectivity index (χ2v) is 4.50. The van der Waals surface area contributed by atoms with Gasteiger partial charge in [0.1, 0.15) is 17.4 Å². The minimum atomic E-state index is 0.744. The highest BCUT2D eigenvalue weighted by Gasteiger charge is 2.03. The monoisotopic (exact) mass is 260 g/mol. The van der Waals surface area contributed by atoms with E-state index in [1.165, 1.54) is 5.56 Å². The van der Waals surface area contributed by atoms with E-state index in [9.17, 15) is 0 Å². The average molecular weight is 260 g/mol. The van der Waals surface area contributed by atoms with E-state index >= 15 is 0 Å². The minimum absolute atomic E-state index is 0.744. The van der Waals surface area contributed by atoms with Gasteiger partial charge in [0.05, 0.1) is 13.7 Å². The number of hydrogen-bond donors (Lipinski definition) is 1. The zero-order valence-corrected chi connectivity index (χ0v) is 11.7. The van der Waals surface area contributed by atoms with Crippen LogP contribution in [0.1, 0.15) is 17.2 Å². The van der Waals surface area contributed by atoms with Crippen molar-refractivity contribution < 1.29 is 4.74 Å². The van der Waals surface area contributed by atoms with Gasteiger partial charge in [0, 0.05) is 7.05 Å². The lowest BCUT2D eigenvalue weighted by molar-refractivity contribution is 0.414. The summed E-state index contributed by atoms with van der Waals surface area (Å²) in [6.07, 6.45) is 0.987. The molecule has 1 N–H and O–H groups in total. The minimum Gasteiger partial charge on any atom is -0.497 e. The van der Waals surface area contributed by atoms with Gasteiger partial charge in [0.15, 0.2) is 0 Å². The van der Waals surface area contributed by atoms with Crippen molar-refractivity contribution in [2.24, 2.45) is 7.05 Å². The molecule has 2 aromatic rings. The molecule has 0 atom stereocenters. The van der Waals surface area contributed by atoms with Gasteiger partial charge in [-0.15, -0.1) is 10.2 Å². The summed E-state index contributed by atoms with van der Waals surface area (Å²) in [4.78, 5) is 0. The maximum Gasteiger partial charge on any atom is 0.146 e. The van der Waals surface area contributed by atoms with Crippen molar-refractivity contribution in [2.45, 2.75) is 19.9 Å². The zero-order chi connectivity index (χ0) is 13.7. The number of rotatable bonds is 6. The third-order valence-electron chi connectivity index (χ3n) is 3.22. The molecule has 0 radical (unpaired) electrons. The normalized spacial score (nSPS) is 10.7. The van der Waals surface area contributed by atoms with Crippen molar-refractivity contribution in [3.05, 3.63) is 41.5 Å². The van der Waals surface area contributed by atoms with E-state index in [2.05, 4.69) is 27.6 Å². The van der Waals surface area contributed by atoms with Gasteiger partial charge in [-0.3, -0.25) is 0 Å². The van der Waals surface area contributed by atoms with Crippen LogP contribution in [0.5, 0.6) is 5.75 Å². The first-order chi connectivity index (χ1) is 9.20. The first-order valence-corrected chi connectivity index (χ1v) is 6.39. The van der Waals surface area contributed by atoms with Crippen LogP contribution in [-0.2, 0) is 20.0 Å². The van der Waals surface area contributed by atoms with Crippen LogP contribution in [0.4, 0.5) is 0 Å². The van der Waals surface area contributed by atoms with E-state index in [4.69, 9.17) is 4.74 Å². The molecule has 0 aliphatic carbocycles. The summed E-state index contributed by atoms with van der Waals surface area (Å²) in [5.41, 5.74) is 1.29. The number of nitrogens with zero attached hydrogens (tertiary/aromatic N) is 3. The predicted octanol–water partition coefficient (Wildman–Crippen LogP) is 1.46. The maximum atomic E-state index is 5.13. The Morgan fingerprint density at radius 2 is 1.95 bits per heavy atom. The summed E-state index contributed by atoms with van der Waals surface area (Å²) >= 11 is 0. The molecule has 0 bridgehead atoms. The first kappa shape index (κ1) is 13.5. The SMILES string of the molecule is COc1ccc(CCNCc2nnc(C)n2C)cc1. The Bertz CT molecular complexity index is 519. The van der Waals surface area contributed by atoms with E-state index in [0.29, 0.717) is 0 Å². The molecule has 5 nitrogen and oxygen atoms in total. The number of benzene rings is 1. The summed E-state index contributed by atoms with van der Waals surface area (Å²) in [6, 6.07) is 8.16. The van der Waals surface area contributed by atoms with Crippen LogP contribution in [0.25, 0.3) is 0 Å². The number of ether oxygens (including phenoxy) is 1.